The number of hydrogen-bond donors (Lipinski definition) is 0. The van der Waals surface area contributed by atoms with Gasteiger partial charge in [0.05, 0.1) is 6.42 Å². The van der Waals surface area contributed by atoms with Gasteiger partial charge in [-0.1, -0.05) is 13.3 Å². The van der Waals surface area contributed by atoms with E-state index in [1.807, 2.05) is 0 Å². The molecular weight excluding hydrogens is 267 g/mol. The fraction of sp³-hybridized carbons (Fsp3) is 1.00. The molecule has 0 aromatic carbocycles. The third kappa shape index (κ3) is 3.67. The van der Waals surface area contributed by atoms with E-state index in [0.717, 1.165) is 6.92 Å². The van der Waals surface area contributed by atoms with Gasteiger partial charge in [0.1, 0.15) is 0 Å². The van der Waals surface area contributed by atoms with E-state index in [0.29, 0.717) is 0 Å². The molecule has 0 aliphatic heterocycles. The molecule has 0 aromatic heterocycles. The van der Waals surface area contributed by atoms with Crippen LogP contribution in [0.15, 0.2) is 0 Å². The Kier molecular flexibility index (Phi) is 4.40. The fourth-order valence-electron chi connectivity index (χ4n) is 1.17. The van der Waals surface area contributed by atoms with E-state index in [4.69, 9.17) is 0 Å². The summed E-state index contributed by atoms with van der Waals surface area (Å²) >= 11 is 0. The van der Waals surface area contributed by atoms with Crippen LogP contribution in [0.3, 0.4) is 0 Å². The van der Waals surface area contributed by atoms with Crippen LogP contribution in [0, 0.1) is 0 Å². The molecule has 0 rings (SSSR count). The van der Waals surface area contributed by atoms with Crippen LogP contribution in [0.25, 0.3) is 0 Å². The molecule has 0 N–H and O–H groups in total. The van der Waals surface area contributed by atoms with Crippen molar-refractivity contribution in [1.29, 1.82) is 0 Å². The summed E-state index contributed by atoms with van der Waals surface area (Å²) < 4.78 is 110. The van der Waals surface area contributed by atoms with Gasteiger partial charge in [-0.05, 0) is 0 Å². The lowest BCUT2D eigenvalue weighted by molar-refractivity contribution is -0.354. The summed E-state index contributed by atoms with van der Waals surface area (Å²) in [6.07, 6.45) is -17.4. The van der Waals surface area contributed by atoms with Crippen molar-refractivity contribution in [2.24, 2.45) is 0 Å². The van der Waals surface area contributed by atoms with Crippen molar-refractivity contribution >= 4 is 0 Å². The highest BCUT2D eigenvalue weighted by Gasteiger charge is 2.74. The van der Waals surface area contributed by atoms with E-state index < -0.39 is 36.8 Å². The highest BCUT2D eigenvalue weighted by Crippen LogP contribution is 2.51. The first kappa shape index (κ1) is 16.4. The maximum absolute atomic E-state index is 12.9. The molecule has 0 unspecified atom stereocenters. The molecule has 0 spiro atoms. The minimum absolute atomic E-state index is 0.362. The zero-order valence-electron chi connectivity index (χ0n) is 8.52. The van der Waals surface area contributed by atoms with E-state index in [1.165, 1.54) is 0 Å². The maximum Gasteiger partial charge on any atom is 0.431 e. The van der Waals surface area contributed by atoms with E-state index >= 15 is 0 Å². The molecule has 0 aliphatic rings. The summed E-state index contributed by atoms with van der Waals surface area (Å²) in [5.74, 6) is -4.37. The predicted molar refractivity (Wildman–Crippen MR) is 40.4 cm³/mol. The van der Waals surface area contributed by atoms with Crippen molar-refractivity contribution in [3.05, 3.63) is 0 Å². The molecule has 0 nitrogen and oxygen atoms in total. The number of halogens is 9. The molecule has 104 valence electrons. The van der Waals surface area contributed by atoms with Gasteiger partial charge >= 0.3 is 18.0 Å². The molecule has 0 amide bonds. The van der Waals surface area contributed by atoms with E-state index in [9.17, 15) is 39.5 Å². The van der Waals surface area contributed by atoms with Gasteiger partial charge in [0.2, 0.25) is 0 Å². The van der Waals surface area contributed by atoms with Crippen molar-refractivity contribution in [3.63, 3.8) is 0 Å². The number of hydrogen-bond acceptors (Lipinski definition) is 0. The first-order valence-electron chi connectivity index (χ1n) is 4.47. The molecule has 0 saturated carbocycles. The second kappa shape index (κ2) is 4.56. The SMILES string of the molecule is CCCC(F)(F)CC(F)(C(F)(F)F)C(F)(F)F. The van der Waals surface area contributed by atoms with Crippen LogP contribution >= 0.6 is 0 Å². The largest absolute Gasteiger partial charge is 0.431 e. The smallest absolute Gasteiger partial charge is 0.223 e. The van der Waals surface area contributed by atoms with Crippen LogP contribution in [0.5, 0.6) is 0 Å². The van der Waals surface area contributed by atoms with Crippen LogP contribution in [0.1, 0.15) is 26.2 Å². The van der Waals surface area contributed by atoms with E-state index in [1.54, 1.807) is 0 Å². The van der Waals surface area contributed by atoms with Gasteiger partial charge in [0, 0.05) is 6.42 Å². The van der Waals surface area contributed by atoms with E-state index in [2.05, 4.69) is 0 Å². The highest BCUT2D eigenvalue weighted by molar-refractivity contribution is 4.98. The molecule has 9 heteroatoms. The molecule has 0 aromatic rings. The van der Waals surface area contributed by atoms with Crippen LogP contribution in [-0.2, 0) is 0 Å². The summed E-state index contributed by atoms with van der Waals surface area (Å²) in [6.45, 7) is 1.13. The maximum atomic E-state index is 12.9. The van der Waals surface area contributed by atoms with Crippen molar-refractivity contribution in [3.8, 4) is 0 Å². The standard InChI is InChI=1S/C8H9F9/c1-2-3-5(9,10)4-6(11,7(12,13)14)8(15,16)17/h2-4H2,1H3. The minimum Gasteiger partial charge on any atom is -0.223 e. The van der Waals surface area contributed by atoms with Gasteiger partial charge in [-0.3, -0.25) is 0 Å². The Morgan fingerprint density at radius 2 is 1.06 bits per heavy atom. The summed E-state index contributed by atoms with van der Waals surface area (Å²) in [5, 5.41) is 0. The van der Waals surface area contributed by atoms with Gasteiger partial charge in [-0.15, -0.1) is 0 Å². The van der Waals surface area contributed by atoms with E-state index in [-0.39, 0.29) is 6.42 Å². The van der Waals surface area contributed by atoms with Gasteiger partial charge in [-0.2, -0.15) is 26.3 Å². The minimum atomic E-state index is -6.43. The summed E-state index contributed by atoms with van der Waals surface area (Å²) in [6, 6.07) is 0. The summed E-state index contributed by atoms with van der Waals surface area (Å²) in [7, 11) is 0. The molecule has 0 bridgehead atoms. The Bertz CT molecular complexity index is 235. The monoisotopic (exact) mass is 276 g/mol. The number of rotatable bonds is 4. The normalized spacial score (nSPS) is 15.2. The Hall–Kier alpha value is -0.630. The van der Waals surface area contributed by atoms with Crippen LogP contribution in [-0.4, -0.2) is 23.9 Å². The van der Waals surface area contributed by atoms with Crippen LogP contribution < -0.4 is 0 Å². The van der Waals surface area contributed by atoms with Crippen molar-refractivity contribution in [2.45, 2.75) is 50.1 Å². The molecule has 0 aliphatic carbocycles. The van der Waals surface area contributed by atoms with Gasteiger partial charge in [0.25, 0.3) is 5.92 Å². The lowest BCUT2D eigenvalue weighted by atomic mass is 9.94. The second-order valence-electron chi connectivity index (χ2n) is 3.58. The summed E-state index contributed by atoms with van der Waals surface area (Å²) in [5.41, 5.74) is -5.89. The molecule has 0 radical (unpaired) electrons. The molecule has 0 fully saturated rings. The zero-order chi connectivity index (χ0) is 14.1. The molecule has 0 saturated heterocycles. The Morgan fingerprint density at radius 3 is 1.29 bits per heavy atom. The summed E-state index contributed by atoms with van der Waals surface area (Å²) in [4.78, 5) is 0. The Morgan fingerprint density at radius 1 is 0.706 bits per heavy atom. The number of alkyl halides is 9. The topological polar surface area (TPSA) is 0 Å². The lowest BCUT2D eigenvalue weighted by Crippen LogP contribution is -2.56. The third-order valence-electron chi connectivity index (χ3n) is 2.02. The third-order valence-corrected chi connectivity index (χ3v) is 2.02. The quantitative estimate of drug-likeness (QED) is 0.656. The van der Waals surface area contributed by atoms with Crippen molar-refractivity contribution in [2.75, 3.05) is 0 Å². The fourth-order valence-corrected chi connectivity index (χ4v) is 1.17. The molecule has 17 heavy (non-hydrogen) atoms. The van der Waals surface area contributed by atoms with Crippen molar-refractivity contribution < 1.29 is 39.5 Å². The first-order chi connectivity index (χ1) is 7.27. The molecule has 0 heterocycles. The first-order valence-corrected chi connectivity index (χ1v) is 4.47. The van der Waals surface area contributed by atoms with Crippen LogP contribution in [0.2, 0.25) is 0 Å². The second-order valence-corrected chi connectivity index (χ2v) is 3.58. The predicted octanol–water partition coefficient (Wildman–Crippen LogP) is 4.64. The molecular formula is C8H9F9. The van der Waals surface area contributed by atoms with Gasteiger partial charge in [0.15, 0.2) is 0 Å². The van der Waals surface area contributed by atoms with Gasteiger partial charge < -0.3 is 0 Å². The Balaban J connectivity index is 5.26. The average Bonchev–Trinajstić information content (AvgIpc) is 1.97. The van der Waals surface area contributed by atoms with Crippen LogP contribution in [0.4, 0.5) is 39.5 Å². The molecule has 0 atom stereocenters. The van der Waals surface area contributed by atoms with Gasteiger partial charge in [-0.25, -0.2) is 13.2 Å². The average molecular weight is 276 g/mol. The zero-order valence-corrected chi connectivity index (χ0v) is 8.52. The lowest BCUT2D eigenvalue weighted by Gasteiger charge is -2.32. The van der Waals surface area contributed by atoms with Crippen molar-refractivity contribution in [1.82, 2.24) is 0 Å². The highest BCUT2D eigenvalue weighted by atomic mass is 19.4. The Labute approximate surface area is 90.8 Å².